The van der Waals surface area contributed by atoms with Gasteiger partial charge in [0, 0.05) is 12.8 Å². The first-order valence-corrected chi connectivity index (χ1v) is 28.4. The molecule has 0 aromatic carbocycles. The zero-order chi connectivity index (χ0) is 45.8. The third-order valence-electron chi connectivity index (χ3n) is 13.3. The number of carbonyl (C=O) groups excluding carboxylic acids is 2. The predicted molar refractivity (Wildman–Crippen MR) is 273 cm³/mol. The van der Waals surface area contributed by atoms with Crippen molar-refractivity contribution < 1.29 is 24.5 Å². The van der Waals surface area contributed by atoms with E-state index in [1.165, 1.54) is 212 Å². The number of carbonyl (C=O) groups is 2. The van der Waals surface area contributed by atoms with Gasteiger partial charge in [-0.05, 0) is 51.4 Å². The van der Waals surface area contributed by atoms with E-state index in [1.807, 2.05) is 0 Å². The highest BCUT2D eigenvalue weighted by molar-refractivity contribution is 5.76. The number of hydrogen-bond acceptors (Lipinski definition) is 5. The second-order valence-corrected chi connectivity index (χ2v) is 19.6. The van der Waals surface area contributed by atoms with E-state index in [0.29, 0.717) is 25.9 Å². The molecule has 0 bridgehead atoms. The number of amides is 1. The summed E-state index contributed by atoms with van der Waals surface area (Å²) in [5.41, 5.74) is 0. The third-order valence-corrected chi connectivity index (χ3v) is 13.3. The van der Waals surface area contributed by atoms with Crippen LogP contribution in [0.25, 0.3) is 0 Å². The number of esters is 1. The minimum absolute atomic E-state index is 0.0120. The monoisotopic (exact) mass is 890 g/mol. The average molecular weight is 891 g/mol. The summed E-state index contributed by atoms with van der Waals surface area (Å²) < 4.78 is 5.44. The molecule has 0 saturated heterocycles. The molecular weight excluding hydrogens is 779 g/mol. The molecule has 0 saturated carbocycles. The van der Waals surface area contributed by atoms with Crippen LogP contribution in [-0.4, -0.2) is 47.4 Å². The summed E-state index contributed by atoms with van der Waals surface area (Å²) in [6, 6.07) is -0.561. The number of rotatable bonds is 53. The van der Waals surface area contributed by atoms with Crippen LogP contribution in [0.4, 0.5) is 0 Å². The maximum absolute atomic E-state index is 12.5. The molecule has 63 heavy (non-hydrogen) atoms. The number of nitrogens with one attached hydrogen (secondary N) is 1. The lowest BCUT2D eigenvalue weighted by atomic mass is 10.0. The van der Waals surface area contributed by atoms with Crippen molar-refractivity contribution in [1.29, 1.82) is 0 Å². The molecule has 374 valence electrons. The third kappa shape index (κ3) is 49.9. The summed E-state index contributed by atoms with van der Waals surface area (Å²) in [6.07, 6.45) is 62.0. The fourth-order valence-electron chi connectivity index (χ4n) is 8.93. The van der Waals surface area contributed by atoms with Gasteiger partial charge in [0.05, 0.1) is 25.4 Å². The van der Waals surface area contributed by atoms with E-state index < -0.39 is 12.1 Å². The van der Waals surface area contributed by atoms with Crippen molar-refractivity contribution in [3.05, 3.63) is 12.2 Å². The zero-order valence-electron chi connectivity index (χ0n) is 42.6. The Labute approximate surface area is 393 Å². The summed E-state index contributed by atoms with van der Waals surface area (Å²) in [5, 5.41) is 23.3. The van der Waals surface area contributed by atoms with Crippen molar-refractivity contribution in [2.75, 3.05) is 13.2 Å². The average Bonchev–Trinajstić information content (AvgIpc) is 3.28. The molecular formula is C57H111NO5. The van der Waals surface area contributed by atoms with Crippen LogP contribution in [0.3, 0.4) is 0 Å². The number of hydrogen-bond donors (Lipinski definition) is 3. The molecule has 0 aromatic heterocycles. The van der Waals surface area contributed by atoms with Crippen molar-refractivity contribution in [2.24, 2.45) is 0 Å². The lowest BCUT2D eigenvalue weighted by Crippen LogP contribution is -2.45. The second-order valence-electron chi connectivity index (χ2n) is 19.6. The fraction of sp³-hybridized carbons (Fsp3) is 0.930. The van der Waals surface area contributed by atoms with Crippen molar-refractivity contribution >= 4 is 11.9 Å². The van der Waals surface area contributed by atoms with Crippen molar-refractivity contribution in [2.45, 2.75) is 328 Å². The van der Waals surface area contributed by atoms with E-state index in [9.17, 15) is 19.8 Å². The van der Waals surface area contributed by atoms with Crippen molar-refractivity contribution in [3.8, 4) is 0 Å². The fourth-order valence-corrected chi connectivity index (χ4v) is 8.93. The molecule has 6 nitrogen and oxygen atoms in total. The summed E-state index contributed by atoms with van der Waals surface area (Å²) in [6.45, 7) is 4.93. The van der Waals surface area contributed by atoms with Crippen LogP contribution >= 0.6 is 0 Å². The number of unbranched alkanes of at least 4 members (excludes halogenated alkanes) is 40. The maximum Gasteiger partial charge on any atom is 0.305 e. The Kier molecular flexibility index (Phi) is 52.0. The number of aliphatic hydroxyl groups excluding tert-OH is 2. The molecule has 0 spiro atoms. The van der Waals surface area contributed by atoms with Gasteiger partial charge in [0.15, 0.2) is 0 Å². The minimum Gasteiger partial charge on any atom is -0.466 e. The molecule has 0 aliphatic carbocycles. The Morgan fingerprint density at radius 3 is 1.14 bits per heavy atom. The van der Waals surface area contributed by atoms with Crippen LogP contribution in [-0.2, 0) is 14.3 Å². The molecule has 2 atom stereocenters. The van der Waals surface area contributed by atoms with Crippen LogP contribution < -0.4 is 5.32 Å². The van der Waals surface area contributed by atoms with Gasteiger partial charge in [-0.2, -0.15) is 0 Å². The Hall–Kier alpha value is -1.40. The lowest BCUT2D eigenvalue weighted by Gasteiger charge is -2.22. The molecule has 3 N–H and O–H groups in total. The highest BCUT2D eigenvalue weighted by Crippen LogP contribution is 2.17. The van der Waals surface area contributed by atoms with Crippen molar-refractivity contribution in [3.63, 3.8) is 0 Å². The summed E-state index contributed by atoms with van der Waals surface area (Å²) >= 11 is 0. The van der Waals surface area contributed by atoms with E-state index in [0.717, 1.165) is 70.6 Å². The summed E-state index contributed by atoms with van der Waals surface area (Å²) in [5.74, 6) is -0.0736. The first kappa shape index (κ1) is 61.6. The topological polar surface area (TPSA) is 95.9 Å². The van der Waals surface area contributed by atoms with E-state index in [-0.39, 0.29) is 18.5 Å². The van der Waals surface area contributed by atoms with E-state index in [2.05, 4.69) is 31.3 Å². The Bertz CT molecular complexity index is 939. The molecule has 6 heteroatoms. The molecule has 1 amide bonds. The van der Waals surface area contributed by atoms with Crippen LogP contribution in [0, 0.1) is 0 Å². The van der Waals surface area contributed by atoms with Crippen LogP contribution in [0.5, 0.6) is 0 Å². The van der Waals surface area contributed by atoms with Gasteiger partial charge in [0.2, 0.25) is 5.91 Å². The van der Waals surface area contributed by atoms with Gasteiger partial charge in [0.1, 0.15) is 0 Å². The smallest absolute Gasteiger partial charge is 0.305 e. The molecule has 0 heterocycles. The molecule has 0 aromatic rings. The van der Waals surface area contributed by atoms with Gasteiger partial charge in [-0.15, -0.1) is 0 Å². The quantitative estimate of drug-likeness (QED) is 0.0321. The Morgan fingerprint density at radius 1 is 0.429 bits per heavy atom. The highest BCUT2D eigenvalue weighted by atomic mass is 16.5. The maximum atomic E-state index is 12.5. The minimum atomic E-state index is -0.681. The largest absolute Gasteiger partial charge is 0.466 e. The molecule has 0 aliphatic heterocycles. The van der Waals surface area contributed by atoms with Gasteiger partial charge in [-0.25, -0.2) is 0 Å². The van der Waals surface area contributed by atoms with Gasteiger partial charge < -0.3 is 20.3 Å². The summed E-state index contributed by atoms with van der Waals surface area (Å²) in [7, 11) is 0. The van der Waals surface area contributed by atoms with Gasteiger partial charge >= 0.3 is 5.97 Å². The molecule has 0 aliphatic rings. The molecule has 0 radical (unpaired) electrons. The van der Waals surface area contributed by atoms with Gasteiger partial charge in [-0.1, -0.05) is 264 Å². The van der Waals surface area contributed by atoms with E-state index >= 15 is 0 Å². The standard InChI is InChI=1S/C57H111NO5/c1-3-5-7-9-11-13-15-16-17-18-19-20-21-22-23-24-26-30-33-37-41-45-49-55(60)54(53-59)58-56(61)50-46-42-38-34-31-27-25-28-32-36-40-44-48-52-63-57(62)51-47-43-39-35-29-14-12-10-8-6-4-2/h27,31,54-55,59-60H,3-26,28-30,32-53H2,1-2H3,(H,58,61)/b31-27-. The number of aliphatic hydroxyl groups is 2. The molecule has 2 unspecified atom stereocenters. The van der Waals surface area contributed by atoms with Gasteiger partial charge in [0.25, 0.3) is 0 Å². The normalized spacial score (nSPS) is 12.6. The first-order chi connectivity index (χ1) is 31.0. The van der Waals surface area contributed by atoms with Crippen LogP contribution in [0.1, 0.15) is 316 Å². The highest BCUT2D eigenvalue weighted by Gasteiger charge is 2.20. The molecule has 0 fully saturated rings. The first-order valence-electron chi connectivity index (χ1n) is 28.4. The number of ether oxygens (including phenoxy) is 1. The van der Waals surface area contributed by atoms with Crippen molar-refractivity contribution in [1.82, 2.24) is 5.32 Å². The SMILES string of the molecule is CCCCCCCCCCCCCCCCCCCCCCCCC(O)C(CO)NC(=O)CCCCC/C=C\CCCCCCCCOC(=O)CCCCCCCCCCCCC. The molecule has 0 rings (SSSR count). The van der Waals surface area contributed by atoms with Crippen LogP contribution in [0.2, 0.25) is 0 Å². The van der Waals surface area contributed by atoms with E-state index in [1.54, 1.807) is 0 Å². The summed E-state index contributed by atoms with van der Waals surface area (Å²) in [4.78, 5) is 24.5. The predicted octanol–water partition coefficient (Wildman–Crippen LogP) is 17.3. The van der Waals surface area contributed by atoms with Gasteiger partial charge in [-0.3, -0.25) is 9.59 Å². The second kappa shape index (κ2) is 53.2. The van der Waals surface area contributed by atoms with E-state index in [4.69, 9.17) is 4.74 Å². The Balaban J connectivity index is 3.49. The lowest BCUT2D eigenvalue weighted by molar-refractivity contribution is -0.143. The van der Waals surface area contributed by atoms with Crippen LogP contribution in [0.15, 0.2) is 12.2 Å². The zero-order valence-corrected chi connectivity index (χ0v) is 42.6. The number of allylic oxidation sites excluding steroid dienone is 2. The Morgan fingerprint density at radius 2 is 0.746 bits per heavy atom.